The zero-order chi connectivity index (χ0) is 16.7. The second-order valence-corrected chi connectivity index (χ2v) is 20.6. The van der Waals surface area contributed by atoms with Gasteiger partial charge in [0, 0.05) is 43.6 Å². The van der Waals surface area contributed by atoms with Gasteiger partial charge in [0.2, 0.25) is 0 Å². The van der Waals surface area contributed by atoms with Crippen LogP contribution in [0.3, 0.4) is 0 Å². The molecule has 0 aromatic heterocycles. The summed E-state index contributed by atoms with van der Waals surface area (Å²) in [6, 6.07) is 9.97. The standard InChI is InChI=1S/C12H10Cl2N2S6/c13-7-1-3-11(9(15)5-7)21(17,18)22(19,20)12-4-2-8(14)6-10(12)16/h1-6H,15-16H2. The van der Waals surface area contributed by atoms with E-state index in [1.807, 2.05) is 0 Å². The van der Waals surface area contributed by atoms with Gasteiger partial charge in [-0.2, -0.15) is 0 Å². The number of hydrogen-bond acceptors (Lipinski definition) is 6. The van der Waals surface area contributed by atoms with E-state index in [9.17, 15) is 0 Å². The minimum absolute atomic E-state index is 0.409. The normalized spacial score (nSPS) is 12.3. The lowest BCUT2D eigenvalue weighted by Gasteiger charge is -2.21. The van der Waals surface area contributed by atoms with E-state index >= 15 is 0 Å². The van der Waals surface area contributed by atoms with Crippen molar-refractivity contribution in [1.29, 1.82) is 0 Å². The number of anilines is 2. The first kappa shape index (κ1) is 18.5. The molecule has 0 amide bonds. The van der Waals surface area contributed by atoms with Crippen molar-refractivity contribution in [2.24, 2.45) is 0 Å². The molecule has 0 bridgehead atoms. The third-order valence-electron chi connectivity index (χ3n) is 2.77. The van der Waals surface area contributed by atoms with Gasteiger partial charge in [0.1, 0.15) is 0 Å². The van der Waals surface area contributed by atoms with Crippen molar-refractivity contribution in [1.82, 2.24) is 0 Å². The molecule has 0 heterocycles. The van der Waals surface area contributed by atoms with Crippen LogP contribution in [0.4, 0.5) is 11.4 Å². The van der Waals surface area contributed by atoms with Crippen molar-refractivity contribution in [2.75, 3.05) is 11.5 Å². The summed E-state index contributed by atoms with van der Waals surface area (Å²) in [4.78, 5) is 1.19. The van der Waals surface area contributed by atoms with Crippen LogP contribution < -0.4 is 11.5 Å². The lowest BCUT2D eigenvalue weighted by atomic mass is 10.3. The Morgan fingerprint density at radius 3 is 1.27 bits per heavy atom. The molecule has 0 atom stereocenters. The van der Waals surface area contributed by atoms with Crippen LogP contribution in [0, 0.1) is 0 Å². The molecule has 0 aliphatic carbocycles. The van der Waals surface area contributed by atoms with Gasteiger partial charge in [-0.1, -0.05) is 23.2 Å². The van der Waals surface area contributed by atoms with Crippen LogP contribution in [0.25, 0.3) is 0 Å². The SMILES string of the molecule is Nc1cc(Cl)ccc1S(=S)(=S)S(=S)(=S)c1ccc(Cl)cc1N. The molecule has 0 saturated heterocycles. The average Bonchev–Trinajstić information content (AvgIpc) is 2.37. The predicted molar refractivity (Wildman–Crippen MR) is 112 cm³/mol. The van der Waals surface area contributed by atoms with E-state index in [-0.39, 0.29) is 0 Å². The Morgan fingerprint density at radius 2 is 1.00 bits per heavy atom. The van der Waals surface area contributed by atoms with Gasteiger partial charge < -0.3 is 11.5 Å². The average molecular weight is 446 g/mol. The number of halogens is 2. The number of rotatable bonds is 3. The van der Waals surface area contributed by atoms with E-state index in [0.717, 1.165) is 0 Å². The van der Waals surface area contributed by atoms with Crippen molar-refractivity contribution >= 4 is 91.7 Å². The molecule has 2 aromatic rings. The fourth-order valence-corrected chi connectivity index (χ4v) is 10.5. The van der Waals surface area contributed by atoms with E-state index in [2.05, 4.69) is 0 Å². The first-order valence-electron chi connectivity index (χ1n) is 5.67. The predicted octanol–water partition coefficient (Wildman–Crippen LogP) is 3.65. The monoisotopic (exact) mass is 444 g/mol. The first-order valence-corrected chi connectivity index (χ1v) is 13.9. The van der Waals surface area contributed by atoms with Gasteiger partial charge in [0.25, 0.3) is 0 Å². The lowest BCUT2D eigenvalue weighted by Crippen LogP contribution is -2.14. The van der Waals surface area contributed by atoms with Gasteiger partial charge in [-0.15, -0.1) is 0 Å². The van der Waals surface area contributed by atoms with Crippen molar-refractivity contribution in [3.8, 4) is 0 Å². The molecule has 2 rings (SSSR count). The Balaban J connectivity index is 2.71. The molecule has 0 aliphatic heterocycles. The molecular weight excluding hydrogens is 435 g/mol. The summed E-state index contributed by atoms with van der Waals surface area (Å²) < 4.78 is 0. The van der Waals surface area contributed by atoms with Gasteiger partial charge in [0.15, 0.2) is 0 Å². The second kappa shape index (κ2) is 6.60. The third-order valence-corrected chi connectivity index (χ3v) is 21.1. The van der Waals surface area contributed by atoms with Crippen LogP contribution in [0.5, 0.6) is 0 Å². The van der Waals surface area contributed by atoms with Crippen molar-refractivity contribution in [3.05, 3.63) is 46.4 Å². The summed E-state index contributed by atoms with van der Waals surface area (Å²) >= 11 is 34.5. The van der Waals surface area contributed by atoms with Gasteiger partial charge in [-0.3, -0.25) is 0 Å². The molecule has 2 aromatic carbocycles. The minimum Gasteiger partial charge on any atom is -0.398 e. The van der Waals surface area contributed by atoms with Gasteiger partial charge in [-0.25, -0.2) is 0 Å². The second-order valence-electron chi connectivity index (χ2n) is 4.27. The number of hydrogen-bond donors (Lipinski definition) is 2. The minimum atomic E-state index is -2.40. The zero-order valence-corrected chi connectivity index (χ0v) is 17.2. The van der Waals surface area contributed by atoms with Crippen molar-refractivity contribution in [2.45, 2.75) is 9.79 Å². The molecule has 2 nitrogen and oxygen atoms in total. The highest BCUT2D eigenvalue weighted by Crippen LogP contribution is 2.34. The third kappa shape index (κ3) is 3.34. The fraction of sp³-hybridized carbons (Fsp3) is 0. The molecule has 0 unspecified atom stereocenters. The van der Waals surface area contributed by atoms with Gasteiger partial charge in [-0.05, 0) is 81.2 Å². The maximum absolute atomic E-state index is 6.02. The van der Waals surface area contributed by atoms with E-state index < -0.39 is 12.4 Å². The summed E-state index contributed by atoms with van der Waals surface area (Å²) in [6.07, 6.45) is -4.80. The van der Waals surface area contributed by atoms with E-state index in [1.54, 1.807) is 36.4 Å². The molecule has 4 N–H and O–H groups in total. The highest BCUT2D eigenvalue weighted by Gasteiger charge is 2.23. The Kier molecular flexibility index (Phi) is 5.56. The Labute approximate surface area is 158 Å². The van der Waals surface area contributed by atoms with Crippen LogP contribution in [0.1, 0.15) is 0 Å². The van der Waals surface area contributed by atoms with Crippen LogP contribution in [0.15, 0.2) is 46.2 Å². The highest BCUT2D eigenvalue weighted by molar-refractivity contribution is 9.11. The molecule has 0 saturated carbocycles. The molecular formula is C12H10Cl2N2S6. The maximum atomic E-state index is 6.02. The smallest absolute Gasteiger partial charge is 0.0494 e. The maximum Gasteiger partial charge on any atom is 0.0494 e. The zero-order valence-electron chi connectivity index (χ0n) is 10.8. The summed E-state index contributed by atoms with van der Waals surface area (Å²) in [6.45, 7) is 0. The number of benzene rings is 2. The van der Waals surface area contributed by atoms with E-state index in [1.165, 1.54) is 0 Å². The molecule has 0 aliphatic rings. The fourth-order valence-electron chi connectivity index (χ4n) is 1.73. The summed E-state index contributed by atoms with van der Waals surface area (Å²) in [5.41, 5.74) is 12.8. The lowest BCUT2D eigenvalue weighted by molar-refractivity contribution is 1.46. The van der Waals surface area contributed by atoms with Crippen LogP contribution in [0.2, 0.25) is 10.0 Å². The molecule has 118 valence electrons. The Hall–Kier alpha value is 0.200. The topological polar surface area (TPSA) is 52.0 Å². The summed E-state index contributed by atoms with van der Waals surface area (Å²) in [7, 11) is 0. The highest BCUT2D eigenvalue weighted by atomic mass is 35.5. The summed E-state index contributed by atoms with van der Waals surface area (Å²) in [5, 5.41) is 1.00. The van der Waals surface area contributed by atoms with E-state index in [0.29, 0.717) is 31.2 Å². The van der Waals surface area contributed by atoms with Crippen LogP contribution >= 0.6 is 23.2 Å². The molecule has 10 heteroatoms. The quantitative estimate of drug-likeness (QED) is 0.556. The van der Waals surface area contributed by atoms with Crippen molar-refractivity contribution < 1.29 is 0 Å². The van der Waals surface area contributed by atoms with Crippen molar-refractivity contribution in [3.63, 3.8) is 0 Å². The first-order chi connectivity index (χ1) is 10.1. The Bertz CT molecular complexity index is 872. The summed E-state index contributed by atoms with van der Waals surface area (Å²) in [5.74, 6) is 0. The Morgan fingerprint density at radius 1 is 0.682 bits per heavy atom. The van der Waals surface area contributed by atoms with Gasteiger partial charge in [0.05, 0.1) is 0 Å². The van der Waals surface area contributed by atoms with Gasteiger partial charge >= 0.3 is 0 Å². The molecule has 0 spiro atoms. The van der Waals surface area contributed by atoms with Crippen LogP contribution in [-0.2, 0) is 57.1 Å². The largest absolute Gasteiger partial charge is 0.398 e. The van der Waals surface area contributed by atoms with E-state index in [4.69, 9.17) is 79.4 Å². The number of nitrogen functional groups attached to an aromatic ring is 2. The molecule has 0 fully saturated rings. The van der Waals surface area contributed by atoms with Crippen LogP contribution in [-0.4, -0.2) is 0 Å². The molecule has 0 radical (unpaired) electrons. The number of nitrogens with two attached hydrogens (primary N) is 2. The molecule has 22 heavy (non-hydrogen) atoms.